The Morgan fingerprint density at radius 1 is 0.820 bits per heavy atom. The van der Waals surface area contributed by atoms with Crippen molar-refractivity contribution in [2.24, 2.45) is 28.7 Å². The lowest BCUT2D eigenvalue weighted by atomic mass is 9.43. The van der Waals surface area contributed by atoms with Gasteiger partial charge in [-0.2, -0.15) is 0 Å². The molecule has 332 valence electrons. The van der Waals surface area contributed by atoms with E-state index in [4.69, 9.17) is 32.4 Å². The van der Waals surface area contributed by atoms with Gasteiger partial charge >= 0.3 is 13.1 Å². The Morgan fingerprint density at radius 3 is 2.02 bits per heavy atom. The van der Waals surface area contributed by atoms with Crippen molar-refractivity contribution in [3.63, 3.8) is 0 Å². The number of nitrogens with two attached hydrogens (primary N) is 2. The fraction of sp³-hybridized carbons (Fsp3) is 0.571. The number of hydrogen-bond donors (Lipinski definition) is 9. The van der Waals surface area contributed by atoms with E-state index in [1.807, 2.05) is 12.1 Å². The summed E-state index contributed by atoms with van der Waals surface area (Å²) in [4.78, 5) is 78.6. The summed E-state index contributed by atoms with van der Waals surface area (Å²) in [5.74, 6) is -3.22. The van der Waals surface area contributed by atoms with E-state index in [1.54, 1.807) is 43.3 Å². The third-order valence-corrected chi connectivity index (χ3v) is 12.8. The highest BCUT2D eigenvalue weighted by Crippen LogP contribution is 2.65. The van der Waals surface area contributed by atoms with Crippen LogP contribution in [0.3, 0.4) is 0 Å². The zero-order valence-corrected chi connectivity index (χ0v) is 36.3. The van der Waals surface area contributed by atoms with Gasteiger partial charge in [-0.05, 0) is 119 Å². The van der Waals surface area contributed by atoms with Crippen LogP contribution in [0.1, 0.15) is 84.0 Å². The number of aliphatic hydroxyl groups excluding tert-OH is 1. The highest BCUT2D eigenvalue weighted by atomic mass is 35.5. The molecule has 11 N–H and O–H groups in total. The molecule has 0 aromatic heterocycles. The Kier molecular flexibility index (Phi) is 15.5. The number of benzene rings is 2. The fourth-order valence-electron chi connectivity index (χ4n) is 8.75. The van der Waals surface area contributed by atoms with Crippen molar-refractivity contribution < 1.29 is 43.2 Å². The minimum atomic E-state index is -1.54. The van der Waals surface area contributed by atoms with Crippen molar-refractivity contribution >= 4 is 54.3 Å². The predicted molar refractivity (Wildman–Crippen MR) is 229 cm³/mol. The van der Waals surface area contributed by atoms with Gasteiger partial charge in [-0.1, -0.05) is 49.7 Å². The lowest BCUT2D eigenvalue weighted by molar-refractivity contribution is -0.199. The van der Waals surface area contributed by atoms with Gasteiger partial charge < -0.3 is 57.8 Å². The molecular formula is C42H60BClN8O9. The van der Waals surface area contributed by atoms with Gasteiger partial charge in [0.05, 0.1) is 23.8 Å². The second-order valence-corrected chi connectivity index (χ2v) is 17.7. The monoisotopic (exact) mass is 866 g/mol. The van der Waals surface area contributed by atoms with Gasteiger partial charge in [-0.3, -0.25) is 24.0 Å². The maximum absolute atomic E-state index is 13.7. The highest BCUT2D eigenvalue weighted by molar-refractivity contribution is 6.47. The van der Waals surface area contributed by atoms with Crippen molar-refractivity contribution in [1.82, 2.24) is 31.9 Å². The van der Waals surface area contributed by atoms with E-state index >= 15 is 0 Å². The molecule has 3 aliphatic carbocycles. The minimum Gasteiger partial charge on any atom is -0.404 e. The molecule has 17 nitrogen and oxygen atoms in total. The van der Waals surface area contributed by atoms with E-state index in [-0.39, 0.29) is 49.4 Å². The van der Waals surface area contributed by atoms with Crippen molar-refractivity contribution in [3.8, 4) is 11.1 Å². The number of carbonyl (C=O) groups is 6. The molecule has 1 heterocycles. The molecule has 1 saturated heterocycles. The van der Waals surface area contributed by atoms with Crippen LogP contribution in [0.15, 0.2) is 48.5 Å². The summed E-state index contributed by atoms with van der Waals surface area (Å²) in [5.41, 5.74) is 12.6. The maximum Gasteiger partial charge on any atom is 0.481 e. The number of carbonyl (C=O) groups excluding carboxylic acids is 6. The minimum absolute atomic E-state index is 0.0163. The second-order valence-electron chi connectivity index (χ2n) is 17.3. The molecule has 10 unspecified atom stereocenters. The summed E-state index contributed by atoms with van der Waals surface area (Å²) in [6.07, 6.45) is 0.813. The molecule has 4 fully saturated rings. The third kappa shape index (κ3) is 11.2. The molecule has 2 aromatic rings. The van der Waals surface area contributed by atoms with E-state index in [1.165, 1.54) is 13.8 Å². The molecule has 19 heteroatoms. The van der Waals surface area contributed by atoms with Gasteiger partial charge in [0, 0.05) is 17.1 Å². The number of rotatable bonds is 19. The van der Waals surface area contributed by atoms with Crippen LogP contribution in [0.25, 0.3) is 11.1 Å². The van der Waals surface area contributed by atoms with Crippen molar-refractivity contribution in [3.05, 3.63) is 59.1 Å². The topological polar surface area (TPSA) is 265 Å². The molecule has 6 rings (SSSR count). The van der Waals surface area contributed by atoms with Gasteiger partial charge in [-0.25, -0.2) is 4.79 Å². The van der Waals surface area contributed by atoms with Crippen LogP contribution in [0.5, 0.6) is 0 Å². The van der Waals surface area contributed by atoms with E-state index in [2.05, 4.69) is 52.7 Å². The first-order valence-electron chi connectivity index (χ1n) is 20.9. The molecule has 3 saturated carbocycles. The lowest BCUT2D eigenvalue weighted by Crippen LogP contribution is -2.65. The number of aliphatic hydroxyl groups is 1. The molecule has 1 aliphatic heterocycles. The quantitative estimate of drug-likeness (QED) is 0.0727. The van der Waals surface area contributed by atoms with E-state index in [0.29, 0.717) is 16.9 Å². The van der Waals surface area contributed by atoms with Crippen LogP contribution < -0.4 is 43.4 Å². The van der Waals surface area contributed by atoms with Crippen LogP contribution in [0.2, 0.25) is 5.02 Å². The standard InChI is InChI=1S/C42H60BClN8O9/c1-22(35(54)50-30(8-7-19-47-40(46)59)37(56)49-24(3)43-60-33-21-28-20-32(41(28,4)5)42(33,6)61-43)48-39(58)34(23(2)53)52-38(57)31(17-18-45)51-36(55)27-11-9-25(10-12-27)26-13-15-29(44)16-14-26/h9-16,22-24,28,30-34,53H,7-8,17-21,45H2,1-6H3,(H,48,58)(H,49,56)(H,50,54)(H,51,55)(H,52,57)(H3,46,47,59). The van der Waals surface area contributed by atoms with Crippen LogP contribution in [-0.2, 0) is 28.5 Å². The molecule has 61 heavy (non-hydrogen) atoms. The summed E-state index contributed by atoms with van der Waals surface area (Å²) >= 11 is 5.99. The van der Waals surface area contributed by atoms with Gasteiger partial charge in [0.15, 0.2) is 0 Å². The molecule has 2 bridgehead atoms. The Balaban J connectivity index is 1.17. The number of hydrogen-bond acceptors (Lipinski definition) is 10. The molecule has 0 radical (unpaired) electrons. The average molecular weight is 867 g/mol. The molecule has 4 aliphatic rings. The number of amides is 7. The van der Waals surface area contributed by atoms with Crippen LogP contribution in [-0.4, -0.2) is 109 Å². The van der Waals surface area contributed by atoms with Crippen LogP contribution in [0.4, 0.5) is 4.79 Å². The Labute approximate surface area is 362 Å². The maximum atomic E-state index is 13.7. The normalized spacial score (nSPS) is 24.0. The Hall–Kier alpha value is -4.75. The third-order valence-electron chi connectivity index (χ3n) is 12.6. The van der Waals surface area contributed by atoms with Crippen LogP contribution >= 0.6 is 11.6 Å². The lowest BCUT2D eigenvalue weighted by Gasteiger charge is -2.64. The number of nitrogens with one attached hydrogen (secondary N) is 6. The number of halogens is 1. The van der Waals surface area contributed by atoms with E-state index < -0.39 is 84.5 Å². The molecule has 2 aromatic carbocycles. The van der Waals surface area contributed by atoms with Gasteiger partial charge in [0.1, 0.15) is 24.2 Å². The predicted octanol–water partition coefficient (Wildman–Crippen LogP) is 1.53. The van der Waals surface area contributed by atoms with Crippen molar-refractivity contribution in [1.29, 1.82) is 0 Å². The summed E-state index contributed by atoms with van der Waals surface area (Å²) in [6.45, 7) is 11.2. The average Bonchev–Trinajstić information content (AvgIpc) is 3.58. The summed E-state index contributed by atoms with van der Waals surface area (Å²) in [7, 11) is -0.710. The van der Waals surface area contributed by atoms with Gasteiger partial charge in [0.2, 0.25) is 23.6 Å². The highest BCUT2D eigenvalue weighted by Gasteiger charge is 2.68. The molecule has 7 amide bonds. The largest absolute Gasteiger partial charge is 0.481 e. The Morgan fingerprint density at radius 2 is 1.43 bits per heavy atom. The first-order chi connectivity index (χ1) is 28.7. The fourth-order valence-corrected chi connectivity index (χ4v) is 8.88. The van der Waals surface area contributed by atoms with E-state index in [9.17, 15) is 33.9 Å². The van der Waals surface area contributed by atoms with Crippen molar-refractivity contribution in [2.45, 2.75) is 122 Å². The number of primary amides is 1. The zero-order valence-electron chi connectivity index (χ0n) is 35.6. The van der Waals surface area contributed by atoms with Crippen molar-refractivity contribution in [2.75, 3.05) is 13.1 Å². The smallest absolute Gasteiger partial charge is 0.404 e. The first kappa shape index (κ1) is 47.3. The molecular weight excluding hydrogens is 807 g/mol. The van der Waals surface area contributed by atoms with E-state index in [0.717, 1.165) is 24.0 Å². The van der Waals surface area contributed by atoms with Gasteiger partial charge in [-0.15, -0.1) is 0 Å². The second kappa shape index (κ2) is 20.0. The van der Waals surface area contributed by atoms with Crippen LogP contribution in [0, 0.1) is 17.3 Å². The Bertz CT molecular complexity index is 1920. The summed E-state index contributed by atoms with van der Waals surface area (Å²) < 4.78 is 12.8. The number of urea groups is 1. The molecule has 0 spiro atoms. The first-order valence-corrected chi connectivity index (χ1v) is 21.3. The summed E-state index contributed by atoms with van der Waals surface area (Å²) in [6, 6.07) is 8.15. The summed E-state index contributed by atoms with van der Waals surface area (Å²) in [5, 5.41) is 26.8. The van der Waals surface area contributed by atoms with Gasteiger partial charge in [0.25, 0.3) is 5.91 Å². The molecule has 10 atom stereocenters. The zero-order chi connectivity index (χ0) is 44.8. The SMILES string of the molecule is CC(NC(=O)C(CCCNC(N)=O)NC(=O)C(C)NC(=O)C(NC(=O)C(CCN)NC(=O)c1ccc(-c2ccc(Cl)cc2)cc1)C(C)O)B1OC2CC3CC(C3(C)C)C2(C)O1.